The molecule has 2 aromatic carbocycles. The summed E-state index contributed by atoms with van der Waals surface area (Å²) >= 11 is 0. The maximum atomic E-state index is 12.1. The first-order chi connectivity index (χ1) is 12.8. The topological polar surface area (TPSA) is 81.9 Å². The summed E-state index contributed by atoms with van der Waals surface area (Å²) in [6.07, 6.45) is 6.41. The Morgan fingerprint density at radius 1 is 1.12 bits per heavy atom. The van der Waals surface area contributed by atoms with Gasteiger partial charge in [0.15, 0.2) is 0 Å². The van der Waals surface area contributed by atoms with Gasteiger partial charge in [0.25, 0.3) is 0 Å². The van der Waals surface area contributed by atoms with Crippen molar-refractivity contribution in [3.63, 3.8) is 0 Å². The fourth-order valence-corrected chi connectivity index (χ4v) is 2.54. The second kappa shape index (κ2) is 7.02. The van der Waals surface area contributed by atoms with Crippen LogP contribution in [0.2, 0.25) is 0 Å². The smallest absolute Gasteiger partial charge is 0.244 e. The van der Waals surface area contributed by atoms with Crippen LogP contribution < -0.4 is 10.1 Å². The SMILES string of the molecule is O=C(Cn1ccnc1)Nc1ccc2c(Oc3ccccc3)ncnc2c1. The number of ether oxygens (including phenoxy) is 1. The highest BCUT2D eigenvalue weighted by Gasteiger charge is 2.09. The summed E-state index contributed by atoms with van der Waals surface area (Å²) in [7, 11) is 0. The molecule has 1 amide bonds. The molecular weight excluding hydrogens is 330 g/mol. The number of para-hydroxylation sites is 1. The Hall–Kier alpha value is -3.74. The van der Waals surface area contributed by atoms with E-state index in [1.165, 1.54) is 6.33 Å². The average molecular weight is 345 g/mol. The van der Waals surface area contributed by atoms with E-state index in [9.17, 15) is 4.79 Å². The Kier molecular flexibility index (Phi) is 4.26. The van der Waals surface area contributed by atoms with Crippen molar-refractivity contribution in [3.8, 4) is 11.6 Å². The van der Waals surface area contributed by atoms with Gasteiger partial charge in [0.2, 0.25) is 11.8 Å². The molecule has 0 fully saturated rings. The third-order valence-corrected chi connectivity index (χ3v) is 3.73. The molecule has 7 heteroatoms. The molecule has 0 aliphatic rings. The molecule has 0 atom stereocenters. The van der Waals surface area contributed by atoms with Gasteiger partial charge in [-0.1, -0.05) is 18.2 Å². The molecule has 2 aromatic heterocycles. The van der Waals surface area contributed by atoms with Crippen molar-refractivity contribution in [1.82, 2.24) is 19.5 Å². The van der Waals surface area contributed by atoms with Crippen LogP contribution in [0.3, 0.4) is 0 Å². The molecule has 128 valence electrons. The molecule has 4 aromatic rings. The molecular formula is C19H15N5O2. The zero-order valence-electron chi connectivity index (χ0n) is 13.7. The third-order valence-electron chi connectivity index (χ3n) is 3.73. The Morgan fingerprint density at radius 3 is 2.81 bits per heavy atom. The van der Waals surface area contributed by atoms with Gasteiger partial charge in [0.1, 0.15) is 18.6 Å². The molecule has 1 N–H and O–H groups in total. The van der Waals surface area contributed by atoms with Crippen LogP contribution in [0.5, 0.6) is 11.6 Å². The van der Waals surface area contributed by atoms with Crippen LogP contribution in [0.25, 0.3) is 10.9 Å². The number of nitrogens with one attached hydrogen (secondary N) is 1. The zero-order chi connectivity index (χ0) is 17.8. The van der Waals surface area contributed by atoms with E-state index < -0.39 is 0 Å². The lowest BCUT2D eigenvalue weighted by Gasteiger charge is -2.09. The molecule has 7 nitrogen and oxygen atoms in total. The molecule has 4 rings (SSSR count). The minimum absolute atomic E-state index is 0.142. The summed E-state index contributed by atoms with van der Waals surface area (Å²) in [4.78, 5) is 24.5. The standard InChI is InChI=1S/C19H15N5O2/c25-18(11-24-9-8-20-13-24)23-14-6-7-16-17(10-14)21-12-22-19(16)26-15-4-2-1-3-5-15/h1-10,12-13H,11H2,(H,23,25). The molecule has 0 aliphatic carbocycles. The average Bonchev–Trinajstić information content (AvgIpc) is 3.15. The van der Waals surface area contributed by atoms with Gasteiger partial charge in [-0.05, 0) is 30.3 Å². The Bertz CT molecular complexity index is 1030. The lowest BCUT2D eigenvalue weighted by Crippen LogP contribution is -2.17. The number of nitrogens with zero attached hydrogens (tertiary/aromatic N) is 4. The van der Waals surface area contributed by atoms with Crippen LogP contribution in [0.4, 0.5) is 5.69 Å². The quantitative estimate of drug-likeness (QED) is 0.600. The molecule has 0 spiro atoms. The van der Waals surface area contributed by atoms with Crippen molar-refractivity contribution in [2.24, 2.45) is 0 Å². The van der Waals surface area contributed by atoms with Gasteiger partial charge < -0.3 is 14.6 Å². The second-order valence-corrected chi connectivity index (χ2v) is 5.61. The molecule has 0 aliphatic heterocycles. The van der Waals surface area contributed by atoms with E-state index in [0.717, 1.165) is 5.39 Å². The number of aromatic nitrogens is 4. The van der Waals surface area contributed by atoms with Crippen molar-refractivity contribution in [2.75, 3.05) is 5.32 Å². The normalized spacial score (nSPS) is 10.6. The van der Waals surface area contributed by atoms with Crippen LogP contribution in [-0.4, -0.2) is 25.4 Å². The van der Waals surface area contributed by atoms with Gasteiger partial charge in [-0.2, -0.15) is 0 Å². The third kappa shape index (κ3) is 3.51. The van der Waals surface area contributed by atoms with Gasteiger partial charge in [-0.15, -0.1) is 0 Å². The van der Waals surface area contributed by atoms with Crippen molar-refractivity contribution < 1.29 is 9.53 Å². The van der Waals surface area contributed by atoms with Crippen LogP contribution in [0, 0.1) is 0 Å². The van der Waals surface area contributed by atoms with Crippen LogP contribution in [0.15, 0.2) is 73.6 Å². The monoisotopic (exact) mass is 345 g/mol. The number of imidazole rings is 1. The summed E-state index contributed by atoms with van der Waals surface area (Å²) < 4.78 is 7.53. The zero-order valence-corrected chi connectivity index (χ0v) is 13.7. The van der Waals surface area contributed by atoms with Crippen molar-refractivity contribution in [1.29, 1.82) is 0 Å². The summed E-state index contributed by atoms with van der Waals surface area (Å²) in [5.41, 5.74) is 1.35. The van der Waals surface area contributed by atoms with E-state index in [4.69, 9.17) is 4.74 Å². The molecule has 0 bridgehead atoms. The Morgan fingerprint density at radius 2 is 2.00 bits per heavy atom. The fraction of sp³-hybridized carbons (Fsp3) is 0.0526. The lowest BCUT2D eigenvalue weighted by atomic mass is 10.2. The number of benzene rings is 2. The molecule has 26 heavy (non-hydrogen) atoms. The number of anilines is 1. The van der Waals surface area contributed by atoms with Crippen LogP contribution >= 0.6 is 0 Å². The lowest BCUT2D eigenvalue weighted by molar-refractivity contribution is -0.116. The molecule has 0 radical (unpaired) electrons. The van der Waals surface area contributed by atoms with Gasteiger partial charge in [0, 0.05) is 18.1 Å². The van der Waals surface area contributed by atoms with E-state index in [0.29, 0.717) is 22.8 Å². The first-order valence-corrected chi connectivity index (χ1v) is 8.01. The summed E-state index contributed by atoms with van der Waals surface area (Å²) in [6.45, 7) is 0.199. The highest BCUT2D eigenvalue weighted by Crippen LogP contribution is 2.28. The van der Waals surface area contributed by atoms with E-state index in [-0.39, 0.29) is 12.5 Å². The van der Waals surface area contributed by atoms with Crippen molar-refractivity contribution in [2.45, 2.75) is 6.54 Å². The van der Waals surface area contributed by atoms with Gasteiger partial charge in [-0.3, -0.25) is 4.79 Å². The van der Waals surface area contributed by atoms with E-state index in [1.54, 1.807) is 35.4 Å². The summed E-state index contributed by atoms with van der Waals surface area (Å²) in [6, 6.07) is 14.9. The molecule has 0 saturated carbocycles. The second-order valence-electron chi connectivity index (χ2n) is 5.61. The van der Waals surface area contributed by atoms with E-state index in [1.807, 2.05) is 36.4 Å². The van der Waals surface area contributed by atoms with Gasteiger partial charge in [-0.25, -0.2) is 15.0 Å². The van der Waals surface area contributed by atoms with Gasteiger partial charge >= 0.3 is 0 Å². The molecule has 0 saturated heterocycles. The minimum atomic E-state index is -0.142. The van der Waals surface area contributed by atoms with Crippen molar-refractivity contribution in [3.05, 3.63) is 73.6 Å². The first kappa shape index (κ1) is 15.8. The van der Waals surface area contributed by atoms with Crippen molar-refractivity contribution >= 4 is 22.5 Å². The number of carbonyl (C=O) groups is 1. The van der Waals surface area contributed by atoms with Crippen LogP contribution in [-0.2, 0) is 11.3 Å². The predicted octanol–water partition coefficient (Wildman–Crippen LogP) is 3.26. The maximum absolute atomic E-state index is 12.1. The van der Waals surface area contributed by atoms with E-state index in [2.05, 4.69) is 20.3 Å². The number of amides is 1. The first-order valence-electron chi connectivity index (χ1n) is 8.01. The number of hydrogen-bond donors (Lipinski definition) is 1. The molecule has 2 heterocycles. The van der Waals surface area contributed by atoms with E-state index >= 15 is 0 Å². The number of fused-ring (bicyclic) bond motifs is 1. The number of hydrogen-bond acceptors (Lipinski definition) is 5. The van der Waals surface area contributed by atoms with Crippen LogP contribution in [0.1, 0.15) is 0 Å². The highest BCUT2D eigenvalue weighted by molar-refractivity contribution is 5.94. The minimum Gasteiger partial charge on any atom is -0.438 e. The fourth-order valence-electron chi connectivity index (χ4n) is 2.54. The molecule has 0 unspecified atom stereocenters. The number of rotatable bonds is 5. The summed E-state index contributed by atoms with van der Waals surface area (Å²) in [5.74, 6) is 1.03. The number of carbonyl (C=O) groups excluding carboxylic acids is 1. The van der Waals surface area contributed by atoms with Gasteiger partial charge in [0.05, 0.1) is 17.2 Å². The maximum Gasteiger partial charge on any atom is 0.244 e. The largest absolute Gasteiger partial charge is 0.438 e. The Balaban J connectivity index is 1.55. The Labute approximate surface area is 149 Å². The highest BCUT2D eigenvalue weighted by atomic mass is 16.5. The summed E-state index contributed by atoms with van der Waals surface area (Å²) in [5, 5.41) is 3.62. The predicted molar refractivity (Wildman–Crippen MR) is 96.9 cm³/mol.